The number of para-hydroxylation sites is 2. The van der Waals surface area contributed by atoms with Crippen LogP contribution in [0.3, 0.4) is 0 Å². The number of hydrogen-bond donors (Lipinski definition) is 1. The van der Waals surface area contributed by atoms with Crippen molar-refractivity contribution in [2.75, 3.05) is 0 Å². The predicted molar refractivity (Wildman–Crippen MR) is 85.5 cm³/mol. The van der Waals surface area contributed by atoms with Gasteiger partial charge in [-0.15, -0.1) is 0 Å². The Morgan fingerprint density at radius 3 is 2.57 bits per heavy atom. The smallest absolute Gasteiger partial charge is 0.109 e. The molecule has 0 aliphatic heterocycles. The third-order valence-corrected chi connectivity index (χ3v) is 3.91. The zero-order valence-corrected chi connectivity index (χ0v) is 12.6. The fourth-order valence-corrected chi connectivity index (χ4v) is 2.69. The first-order chi connectivity index (χ1) is 10.2. The largest absolute Gasteiger partial charge is 0.387 e. The molecule has 0 saturated carbocycles. The lowest BCUT2D eigenvalue weighted by Crippen LogP contribution is -2.11. The van der Waals surface area contributed by atoms with Gasteiger partial charge < -0.3 is 9.67 Å². The highest BCUT2D eigenvalue weighted by Gasteiger charge is 2.14. The van der Waals surface area contributed by atoms with E-state index in [2.05, 4.69) is 16.5 Å². The van der Waals surface area contributed by atoms with Crippen molar-refractivity contribution >= 4 is 22.6 Å². The average molecular weight is 301 g/mol. The van der Waals surface area contributed by atoms with Crippen molar-refractivity contribution in [1.82, 2.24) is 9.55 Å². The summed E-state index contributed by atoms with van der Waals surface area (Å²) in [6.45, 7) is 2.57. The number of imidazole rings is 1. The number of rotatable bonds is 4. The van der Waals surface area contributed by atoms with E-state index in [9.17, 15) is 5.11 Å². The second-order valence-electron chi connectivity index (χ2n) is 5.05. The molecular weight excluding hydrogens is 284 g/mol. The second-order valence-corrected chi connectivity index (χ2v) is 5.48. The van der Waals surface area contributed by atoms with Crippen LogP contribution in [0.1, 0.15) is 24.4 Å². The maximum atomic E-state index is 10.5. The van der Waals surface area contributed by atoms with Crippen LogP contribution >= 0.6 is 11.6 Å². The monoisotopic (exact) mass is 300 g/mol. The molecule has 1 heterocycles. The molecule has 4 heteroatoms. The minimum absolute atomic E-state index is 0.491. The standard InChI is InChI=1S/C17H17ClN2O/c1-2-17-19-14-5-3-4-6-15(14)20(17)11-16(21)12-7-9-13(18)10-8-12/h3-10,16,21H,2,11H2,1H3/t16-/m1/s1. The number of nitrogens with zero attached hydrogens (tertiary/aromatic N) is 2. The molecule has 0 amide bonds. The number of aromatic nitrogens is 2. The Balaban J connectivity index is 1.95. The summed E-state index contributed by atoms with van der Waals surface area (Å²) in [5, 5.41) is 11.1. The van der Waals surface area contributed by atoms with Crippen LogP contribution in [0.25, 0.3) is 11.0 Å². The van der Waals surface area contributed by atoms with Crippen molar-refractivity contribution in [2.24, 2.45) is 0 Å². The quantitative estimate of drug-likeness (QED) is 0.791. The van der Waals surface area contributed by atoms with Gasteiger partial charge in [-0.05, 0) is 29.8 Å². The first kappa shape index (κ1) is 14.1. The molecule has 108 valence electrons. The lowest BCUT2D eigenvalue weighted by Gasteiger charge is -2.14. The van der Waals surface area contributed by atoms with E-state index in [-0.39, 0.29) is 0 Å². The SMILES string of the molecule is CCc1nc2ccccc2n1C[C@@H](O)c1ccc(Cl)cc1. The van der Waals surface area contributed by atoms with Gasteiger partial charge in [-0.3, -0.25) is 0 Å². The van der Waals surface area contributed by atoms with Crippen LogP contribution in [0.2, 0.25) is 5.02 Å². The summed E-state index contributed by atoms with van der Waals surface area (Å²) in [4.78, 5) is 4.62. The van der Waals surface area contributed by atoms with E-state index in [1.807, 2.05) is 36.4 Å². The molecule has 0 saturated heterocycles. The van der Waals surface area contributed by atoms with Crippen molar-refractivity contribution in [1.29, 1.82) is 0 Å². The number of aryl methyl sites for hydroxylation is 1. The van der Waals surface area contributed by atoms with Crippen LogP contribution < -0.4 is 0 Å². The van der Waals surface area contributed by atoms with Crippen LogP contribution in [0, 0.1) is 0 Å². The molecule has 1 atom stereocenters. The summed E-state index contributed by atoms with van der Waals surface area (Å²) in [6, 6.07) is 15.3. The number of benzene rings is 2. The van der Waals surface area contributed by atoms with Gasteiger partial charge in [0, 0.05) is 11.4 Å². The Labute approximate surface area is 128 Å². The third-order valence-electron chi connectivity index (χ3n) is 3.66. The molecule has 3 nitrogen and oxygen atoms in total. The molecule has 0 aliphatic rings. The lowest BCUT2D eigenvalue weighted by atomic mass is 10.1. The van der Waals surface area contributed by atoms with Gasteiger partial charge in [-0.1, -0.05) is 42.8 Å². The van der Waals surface area contributed by atoms with Crippen LogP contribution in [0.15, 0.2) is 48.5 Å². The zero-order valence-electron chi connectivity index (χ0n) is 11.8. The van der Waals surface area contributed by atoms with Crippen LogP contribution in [-0.2, 0) is 13.0 Å². The number of hydrogen-bond acceptors (Lipinski definition) is 2. The summed E-state index contributed by atoms with van der Waals surface area (Å²) < 4.78 is 2.09. The Kier molecular flexibility index (Phi) is 3.95. The molecule has 3 aromatic rings. The van der Waals surface area contributed by atoms with Gasteiger partial charge in [0.1, 0.15) is 5.82 Å². The van der Waals surface area contributed by atoms with Gasteiger partial charge in [-0.2, -0.15) is 0 Å². The fourth-order valence-electron chi connectivity index (χ4n) is 2.56. The number of halogens is 1. The van der Waals surface area contributed by atoms with Gasteiger partial charge in [0.15, 0.2) is 0 Å². The average Bonchev–Trinajstić information content (AvgIpc) is 2.86. The summed E-state index contributed by atoms with van der Waals surface area (Å²) in [5.74, 6) is 0.990. The van der Waals surface area contributed by atoms with E-state index in [4.69, 9.17) is 11.6 Å². The van der Waals surface area contributed by atoms with Gasteiger partial charge >= 0.3 is 0 Å². The van der Waals surface area contributed by atoms with Crippen LogP contribution in [0.4, 0.5) is 0 Å². The highest BCUT2D eigenvalue weighted by molar-refractivity contribution is 6.30. The van der Waals surface area contributed by atoms with Gasteiger partial charge in [-0.25, -0.2) is 4.98 Å². The molecule has 0 unspecified atom stereocenters. The number of aliphatic hydroxyl groups is 1. The van der Waals surface area contributed by atoms with Crippen molar-refractivity contribution < 1.29 is 5.11 Å². The minimum Gasteiger partial charge on any atom is -0.387 e. The Hall–Kier alpha value is -1.84. The van der Waals surface area contributed by atoms with E-state index >= 15 is 0 Å². The fraction of sp³-hybridized carbons (Fsp3) is 0.235. The first-order valence-corrected chi connectivity index (χ1v) is 7.44. The predicted octanol–water partition coefficient (Wildman–Crippen LogP) is 3.99. The molecule has 0 fully saturated rings. The summed E-state index contributed by atoms with van der Waals surface area (Å²) in [5.41, 5.74) is 2.89. The Morgan fingerprint density at radius 1 is 1.14 bits per heavy atom. The lowest BCUT2D eigenvalue weighted by molar-refractivity contribution is 0.157. The van der Waals surface area contributed by atoms with Crippen molar-refractivity contribution in [3.05, 3.63) is 64.9 Å². The van der Waals surface area contributed by atoms with Gasteiger partial charge in [0.2, 0.25) is 0 Å². The molecule has 3 rings (SSSR count). The molecule has 2 aromatic carbocycles. The highest BCUT2D eigenvalue weighted by Crippen LogP contribution is 2.22. The minimum atomic E-state index is -0.579. The molecule has 0 radical (unpaired) electrons. The molecule has 1 aromatic heterocycles. The van der Waals surface area contributed by atoms with Gasteiger partial charge in [0.25, 0.3) is 0 Å². The molecule has 0 aliphatic carbocycles. The van der Waals surface area contributed by atoms with E-state index < -0.39 is 6.10 Å². The van der Waals surface area contributed by atoms with Crippen molar-refractivity contribution in [3.63, 3.8) is 0 Å². The molecule has 1 N–H and O–H groups in total. The van der Waals surface area contributed by atoms with E-state index in [0.717, 1.165) is 28.8 Å². The molecule has 21 heavy (non-hydrogen) atoms. The van der Waals surface area contributed by atoms with Crippen LogP contribution in [-0.4, -0.2) is 14.7 Å². The maximum absolute atomic E-state index is 10.5. The highest BCUT2D eigenvalue weighted by atomic mass is 35.5. The molecular formula is C17H17ClN2O. The molecule has 0 bridgehead atoms. The topological polar surface area (TPSA) is 38.0 Å². The van der Waals surface area contributed by atoms with Gasteiger partial charge in [0.05, 0.1) is 23.7 Å². The van der Waals surface area contributed by atoms with E-state index in [1.54, 1.807) is 12.1 Å². The molecule has 0 spiro atoms. The number of aliphatic hydroxyl groups excluding tert-OH is 1. The normalized spacial score (nSPS) is 12.7. The van der Waals surface area contributed by atoms with E-state index in [1.165, 1.54) is 0 Å². The van der Waals surface area contributed by atoms with Crippen molar-refractivity contribution in [2.45, 2.75) is 26.0 Å². The maximum Gasteiger partial charge on any atom is 0.109 e. The third kappa shape index (κ3) is 2.80. The zero-order chi connectivity index (χ0) is 14.8. The summed E-state index contributed by atoms with van der Waals surface area (Å²) in [7, 11) is 0. The van der Waals surface area contributed by atoms with Crippen molar-refractivity contribution in [3.8, 4) is 0 Å². The second kappa shape index (κ2) is 5.88. The van der Waals surface area contributed by atoms with E-state index in [0.29, 0.717) is 11.6 Å². The Morgan fingerprint density at radius 2 is 1.86 bits per heavy atom. The number of fused-ring (bicyclic) bond motifs is 1. The van der Waals surface area contributed by atoms with Crippen LogP contribution in [0.5, 0.6) is 0 Å². The summed E-state index contributed by atoms with van der Waals surface area (Å²) in [6.07, 6.45) is 0.257. The first-order valence-electron chi connectivity index (χ1n) is 7.06. The Bertz CT molecular complexity index is 749. The summed E-state index contributed by atoms with van der Waals surface area (Å²) >= 11 is 5.89.